The summed E-state index contributed by atoms with van der Waals surface area (Å²) in [7, 11) is 0. The van der Waals surface area contributed by atoms with Crippen LogP contribution in [0.2, 0.25) is 0 Å². The van der Waals surface area contributed by atoms with Crippen molar-refractivity contribution in [1.29, 1.82) is 5.26 Å². The Kier molecular flexibility index (Phi) is 8.49. The maximum atomic E-state index is 12.8. The normalized spacial score (nSPS) is 15.6. The number of ether oxygens (including phenoxy) is 1. The van der Waals surface area contributed by atoms with Crippen molar-refractivity contribution >= 4 is 34.0 Å². The highest BCUT2D eigenvalue weighted by Crippen LogP contribution is 2.39. The lowest BCUT2D eigenvalue weighted by atomic mass is 9.89. The Morgan fingerprint density at radius 2 is 2.19 bits per heavy atom. The number of fused-ring (bicyclic) bond motifs is 1. The Hall–Kier alpha value is -3.09. The van der Waals surface area contributed by atoms with Gasteiger partial charge in [-0.1, -0.05) is 43.8 Å². The van der Waals surface area contributed by atoms with E-state index in [1.807, 2.05) is 23.6 Å². The maximum Gasteiger partial charge on any atom is 0.235 e. The molecule has 0 radical (unpaired) electrons. The molecule has 188 valence electrons. The molecular weight excluding hydrogens is 490 g/mol. The van der Waals surface area contributed by atoms with Crippen LogP contribution < -0.4 is 10.1 Å². The minimum atomic E-state index is -0.328. The molecule has 2 aromatic heterocycles. The SMILES string of the molecule is C=CCn1c(SCC(=O)Nc2sc3c(c2C#N)CCC(C)C3)nnc1C(C)Oc1ccc(CC)cc1. The minimum Gasteiger partial charge on any atom is -0.483 e. The third kappa shape index (κ3) is 5.82. The molecule has 0 bridgehead atoms. The number of nitriles is 1. The fourth-order valence-corrected chi connectivity index (χ4v) is 6.45. The lowest BCUT2D eigenvalue weighted by Gasteiger charge is -2.17. The summed E-state index contributed by atoms with van der Waals surface area (Å²) in [6.45, 7) is 10.6. The molecular formula is C27H31N5O2S2. The summed E-state index contributed by atoms with van der Waals surface area (Å²) in [4.78, 5) is 14.0. The summed E-state index contributed by atoms with van der Waals surface area (Å²) in [6, 6.07) is 10.3. The third-order valence-corrected chi connectivity index (χ3v) is 8.41. The summed E-state index contributed by atoms with van der Waals surface area (Å²) >= 11 is 2.84. The molecule has 2 atom stereocenters. The van der Waals surface area contributed by atoms with Gasteiger partial charge in [0.05, 0.1) is 11.3 Å². The molecule has 0 saturated carbocycles. The van der Waals surface area contributed by atoms with E-state index in [4.69, 9.17) is 4.74 Å². The molecule has 0 saturated heterocycles. The Bertz CT molecular complexity index is 1270. The molecule has 9 heteroatoms. The van der Waals surface area contributed by atoms with Crippen molar-refractivity contribution in [2.24, 2.45) is 5.92 Å². The van der Waals surface area contributed by atoms with E-state index in [-0.39, 0.29) is 17.8 Å². The van der Waals surface area contributed by atoms with E-state index in [9.17, 15) is 10.1 Å². The van der Waals surface area contributed by atoms with Crippen molar-refractivity contribution in [1.82, 2.24) is 14.8 Å². The molecule has 3 aromatic rings. The highest BCUT2D eigenvalue weighted by atomic mass is 32.2. The molecule has 7 nitrogen and oxygen atoms in total. The fraction of sp³-hybridized carbons (Fsp3) is 0.407. The molecule has 1 aliphatic carbocycles. The predicted molar refractivity (Wildman–Crippen MR) is 145 cm³/mol. The zero-order valence-electron chi connectivity index (χ0n) is 20.9. The van der Waals surface area contributed by atoms with Crippen LogP contribution in [-0.2, 0) is 30.6 Å². The number of aromatic nitrogens is 3. The number of hydrogen-bond acceptors (Lipinski definition) is 7. The summed E-state index contributed by atoms with van der Waals surface area (Å²) in [5.41, 5.74) is 2.98. The predicted octanol–water partition coefficient (Wildman–Crippen LogP) is 5.96. The van der Waals surface area contributed by atoms with Gasteiger partial charge in [0.15, 0.2) is 17.1 Å². The highest BCUT2D eigenvalue weighted by molar-refractivity contribution is 7.99. The molecule has 1 amide bonds. The van der Waals surface area contributed by atoms with Crippen LogP contribution >= 0.6 is 23.1 Å². The van der Waals surface area contributed by atoms with Crippen LogP contribution in [-0.4, -0.2) is 26.4 Å². The average molecular weight is 522 g/mol. The standard InChI is InChI=1S/C27H31N5O2S2/c1-5-13-32-25(18(4)34-20-10-8-19(6-2)9-11-20)30-31-27(32)35-16-24(33)29-26-22(15-28)21-12-7-17(3)14-23(21)36-26/h5,8-11,17-18H,1,6-7,12-14,16H2,2-4H3,(H,29,33). The number of nitrogens with one attached hydrogen (secondary N) is 1. The minimum absolute atomic E-state index is 0.160. The Morgan fingerprint density at radius 3 is 2.89 bits per heavy atom. The summed E-state index contributed by atoms with van der Waals surface area (Å²) < 4.78 is 8.02. The molecule has 36 heavy (non-hydrogen) atoms. The van der Waals surface area contributed by atoms with Gasteiger partial charge in [0.1, 0.15) is 16.8 Å². The van der Waals surface area contributed by atoms with Gasteiger partial charge >= 0.3 is 0 Å². The summed E-state index contributed by atoms with van der Waals surface area (Å²) in [6.07, 6.45) is 5.37. The van der Waals surface area contributed by atoms with Gasteiger partial charge in [0.25, 0.3) is 0 Å². The molecule has 1 aliphatic rings. The number of benzene rings is 1. The number of thiophene rings is 1. The van der Waals surface area contributed by atoms with E-state index in [0.29, 0.717) is 34.0 Å². The number of nitrogens with zero attached hydrogens (tertiary/aromatic N) is 4. The van der Waals surface area contributed by atoms with Crippen molar-refractivity contribution in [2.75, 3.05) is 11.1 Å². The van der Waals surface area contributed by atoms with E-state index in [2.05, 4.69) is 54.1 Å². The van der Waals surface area contributed by atoms with Crippen molar-refractivity contribution in [3.8, 4) is 11.8 Å². The van der Waals surface area contributed by atoms with Crippen LogP contribution in [0.25, 0.3) is 0 Å². The maximum absolute atomic E-state index is 12.8. The lowest BCUT2D eigenvalue weighted by molar-refractivity contribution is -0.113. The van der Waals surface area contributed by atoms with Gasteiger partial charge in [-0.15, -0.1) is 28.1 Å². The number of carbonyl (C=O) groups is 1. The lowest BCUT2D eigenvalue weighted by Crippen LogP contribution is -2.15. The van der Waals surface area contributed by atoms with Crippen LogP contribution in [0.5, 0.6) is 5.75 Å². The van der Waals surface area contributed by atoms with E-state index in [0.717, 1.165) is 37.0 Å². The molecule has 4 rings (SSSR count). The second-order valence-corrected chi connectivity index (χ2v) is 11.0. The number of aryl methyl sites for hydroxylation is 1. The van der Waals surface area contributed by atoms with Gasteiger partial charge < -0.3 is 10.1 Å². The van der Waals surface area contributed by atoms with Crippen molar-refractivity contribution in [3.05, 3.63) is 64.3 Å². The fourth-order valence-electron chi connectivity index (χ4n) is 4.32. The van der Waals surface area contributed by atoms with Gasteiger partial charge in [-0.3, -0.25) is 9.36 Å². The molecule has 1 N–H and O–H groups in total. The quantitative estimate of drug-likeness (QED) is 0.262. The number of thioether (sulfide) groups is 1. The summed E-state index contributed by atoms with van der Waals surface area (Å²) in [5, 5.41) is 22.6. The molecule has 1 aromatic carbocycles. The van der Waals surface area contributed by atoms with Crippen LogP contribution in [0.3, 0.4) is 0 Å². The first-order valence-corrected chi connectivity index (χ1v) is 14.0. The van der Waals surface area contributed by atoms with Crippen molar-refractivity contribution in [2.45, 2.75) is 64.3 Å². The molecule has 2 unspecified atom stereocenters. The number of anilines is 1. The number of amides is 1. The first kappa shape index (κ1) is 26.0. The molecule has 2 heterocycles. The molecule has 0 spiro atoms. The Morgan fingerprint density at radius 1 is 1.42 bits per heavy atom. The number of hydrogen-bond donors (Lipinski definition) is 1. The van der Waals surface area contributed by atoms with Crippen LogP contribution in [0.15, 0.2) is 42.1 Å². The first-order chi connectivity index (χ1) is 17.4. The number of rotatable bonds is 10. The largest absolute Gasteiger partial charge is 0.483 e. The van der Waals surface area contributed by atoms with Crippen molar-refractivity contribution in [3.63, 3.8) is 0 Å². The van der Waals surface area contributed by atoms with Gasteiger partial charge in [-0.05, 0) is 61.8 Å². The zero-order chi connectivity index (χ0) is 25.7. The van der Waals surface area contributed by atoms with E-state index in [1.165, 1.54) is 33.5 Å². The van der Waals surface area contributed by atoms with Gasteiger partial charge in [0.2, 0.25) is 5.91 Å². The van der Waals surface area contributed by atoms with E-state index < -0.39 is 0 Å². The van der Waals surface area contributed by atoms with Gasteiger partial charge in [-0.2, -0.15) is 5.26 Å². The van der Waals surface area contributed by atoms with Crippen molar-refractivity contribution < 1.29 is 9.53 Å². The second-order valence-electron chi connectivity index (χ2n) is 9.00. The van der Waals surface area contributed by atoms with E-state index >= 15 is 0 Å². The van der Waals surface area contributed by atoms with Gasteiger partial charge in [-0.25, -0.2) is 0 Å². The van der Waals surface area contributed by atoms with Crippen LogP contribution in [0, 0.1) is 17.2 Å². The van der Waals surface area contributed by atoms with E-state index in [1.54, 1.807) is 6.08 Å². The molecule has 0 aliphatic heterocycles. The Labute approximate surface area is 220 Å². The molecule has 0 fully saturated rings. The summed E-state index contributed by atoms with van der Waals surface area (Å²) in [5.74, 6) is 2.03. The van der Waals surface area contributed by atoms with Gasteiger partial charge in [0, 0.05) is 11.4 Å². The zero-order valence-corrected chi connectivity index (χ0v) is 22.5. The smallest absolute Gasteiger partial charge is 0.235 e. The second kappa shape index (κ2) is 11.8. The Balaban J connectivity index is 1.42. The number of allylic oxidation sites excluding steroid dienone is 1. The topological polar surface area (TPSA) is 92.8 Å². The average Bonchev–Trinajstić information content (AvgIpc) is 3.43. The monoisotopic (exact) mass is 521 g/mol. The number of carbonyl (C=O) groups excluding carboxylic acids is 1. The third-order valence-electron chi connectivity index (χ3n) is 6.27. The first-order valence-electron chi connectivity index (χ1n) is 12.2. The van der Waals surface area contributed by atoms with Crippen LogP contribution in [0.1, 0.15) is 60.7 Å². The van der Waals surface area contributed by atoms with Crippen LogP contribution in [0.4, 0.5) is 5.00 Å². The highest BCUT2D eigenvalue weighted by Gasteiger charge is 2.25.